The van der Waals surface area contributed by atoms with Gasteiger partial charge in [-0.3, -0.25) is 9.69 Å². The van der Waals surface area contributed by atoms with Crippen LogP contribution in [-0.4, -0.2) is 55.2 Å². The molecule has 1 atom stereocenters. The number of hydrogen-bond acceptors (Lipinski definition) is 6. The van der Waals surface area contributed by atoms with Crippen molar-refractivity contribution >= 4 is 29.1 Å². The lowest BCUT2D eigenvalue weighted by Gasteiger charge is -2.34. The number of carbonyl (C=O) groups excluding carboxylic acids is 2. The molecule has 128 valence electrons. The Hall–Kier alpha value is -2.84. The maximum Gasteiger partial charge on any atom is 0.414 e. The minimum absolute atomic E-state index is 0.208. The van der Waals surface area contributed by atoms with Crippen molar-refractivity contribution in [3.63, 3.8) is 0 Å². The summed E-state index contributed by atoms with van der Waals surface area (Å²) in [5, 5.41) is 14.3. The summed E-state index contributed by atoms with van der Waals surface area (Å²) in [7, 11) is 0. The standard InChI is InChI=1S/C15H17FN4O4/c1-9(21)17-5-12-8-20(15(22)24-12)11-2-3-14(13(16)4-11)19-6-10(7-19)18-23/h2-4,12,23H,5-8H2,1H3,(H,17,21)/t12-/m0/s1. The topological polar surface area (TPSA) is 94.5 Å². The number of nitrogens with zero attached hydrogens (tertiary/aromatic N) is 3. The number of ether oxygens (including phenoxy) is 1. The molecule has 0 spiro atoms. The molecule has 24 heavy (non-hydrogen) atoms. The normalized spacial score (nSPS) is 19.8. The average molecular weight is 336 g/mol. The summed E-state index contributed by atoms with van der Waals surface area (Å²) in [6.45, 7) is 2.58. The average Bonchev–Trinajstić information content (AvgIpc) is 2.86. The molecule has 2 fully saturated rings. The number of benzene rings is 1. The third-order valence-corrected chi connectivity index (χ3v) is 3.92. The van der Waals surface area contributed by atoms with E-state index in [1.807, 2.05) is 0 Å². The van der Waals surface area contributed by atoms with E-state index >= 15 is 0 Å². The maximum atomic E-state index is 14.3. The van der Waals surface area contributed by atoms with Crippen LogP contribution >= 0.6 is 0 Å². The van der Waals surface area contributed by atoms with E-state index in [1.165, 1.54) is 17.9 Å². The zero-order chi connectivity index (χ0) is 17.3. The molecule has 0 radical (unpaired) electrons. The lowest BCUT2D eigenvalue weighted by atomic mass is 10.1. The van der Waals surface area contributed by atoms with Crippen LogP contribution in [0.25, 0.3) is 0 Å². The Morgan fingerprint density at radius 2 is 2.25 bits per heavy atom. The fraction of sp³-hybridized carbons (Fsp3) is 0.400. The predicted octanol–water partition coefficient (Wildman–Crippen LogP) is 0.937. The van der Waals surface area contributed by atoms with Gasteiger partial charge in [-0.05, 0) is 18.2 Å². The number of anilines is 2. The van der Waals surface area contributed by atoms with Crippen molar-refractivity contribution in [2.45, 2.75) is 13.0 Å². The first-order valence-corrected chi connectivity index (χ1v) is 7.45. The van der Waals surface area contributed by atoms with E-state index in [-0.39, 0.29) is 19.0 Å². The molecule has 1 aromatic carbocycles. The summed E-state index contributed by atoms with van der Waals surface area (Å²) in [6.07, 6.45) is -1.04. The van der Waals surface area contributed by atoms with Crippen LogP contribution in [0.2, 0.25) is 0 Å². The number of amides is 2. The van der Waals surface area contributed by atoms with Gasteiger partial charge in [0.05, 0.1) is 43.3 Å². The lowest BCUT2D eigenvalue weighted by Crippen LogP contribution is -2.47. The van der Waals surface area contributed by atoms with Crippen molar-refractivity contribution in [1.29, 1.82) is 0 Å². The first-order valence-electron chi connectivity index (χ1n) is 7.45. The molecule has 2 aliphatic heterocycles. The molecular weight excluding hydrogens is 319 g/mol. The van der Waals surface area contributed by atoms with E-state index in [2.05, 4.69) is 10.5 Å². The fourth-order valence-corrected chi connectivity index (χ4v) is 2.64. The molecule has 0 aliphatic carbocycles. The molecular formula is C15H17FN4O4. The highest BCUT2D eigenvalue weighted by molar-refractivity contribution is 5.99. The molecule has 2 amide bonds. The van der Waals surface area contributed by atoms with Gasteiger partial charge in [0.2, 0.25) is 5.91 Å². The van der Waals surface area contributed by atoms with Crippen molar-refractivity contribution in [2.24, 2.45) is 5.16 Å². The summed E-state index contributed by atoms with van der Waals surface area (Å²) < 4.78 is 19.5. The molecule has 0 unspecified atom stereocenters. The molecule has 0 saturated carbocycles. The van der Waals surface area contributed by atoms with E-state index < -0.39 is 18.0 Å². The molecule has 8 nitrogen and oxygen atoms in total. The third-order valence-electron chi connectivity index (χ3n) is 3.92. The highest BCUT2D eigenvalue weighted by Gasteiger charge is 2.33. The van der Waals surface area contributed by atoms with Crippen LogP contribution < -0.4 is 15.1 Å². The van der Waals surface area contributed by atoms with Crippen LogP contribution in [0.4, 0.5) is 20.6 Å². The number of cyclic esters (lactones) is 1. The Balaban J connectivity index is 1.68. The number of rotatable bonds is 4. The van der Waals surface area contributed by atoms with Gasteiger partial charge >= 0.3 is 6.09 Å². The lowest BCUT2D eigenvalue weighted by molar-refractivity contribution is -0.119. The number of nitrogens with one attached hydrogen (secondary N) is 1. The van der Waals surface area contributed by atoms with E-state index in [0.29, 0.717) is 30.2 Å². The van der Waals surface area contributed by atoms with Gasteiger partial charge in [-0.15, -0.1) is 0 Å². The monoisotopic (exact) mass is 336 g/mol. The van der Waals surface area contributed by atoms with Gasteiger partial charge in [-0.25, -0.2) is 9.18 Å². The minimum Gasteiger partial charge on any atom is -0.442 e. The molecule has 0 bridgehead atoms. The van der Waals surface area contributed by atoms with Crippen LogP contribution in [-0.2, 0) is 9.53 Å². The number of hydrogen-bond donors (Lipinski definition) is 2. The van der Waals surface area contributed by atoms with Crippen LogP contribution in [0.15, 0.2) is 23.4 Å². The smallest absolute Gasteiger partial charge is 0.414 e. The van der Waals surface area contributed by atoms with Gasteiger partial charge in [-0.2, -0.15) is 0 Å². The minimum atomic E-state index is -0.573. The molecule has 2 heterocycles. The molecule has 0 aromatic heterocycles. The Morgan fingerprint density at radius 1 is 1.50 bits per heavy atom. The Labute approximate surface area is 137 Å². The zero-order valence-corrected chi connectivity index (χ0v) is 13.0. The Morgan fingerprint density at radius 3 is 2.88 bits per heavy atom. The quantitative estimate of drug-likeness (QED) is 0.630. The van der Waals surface area contributed by atoms with Crippen molar-refractivity contribution in [3.8, 4) is 0 Å². The van der Waals surface area contributed by atoms with Gasteiger partial charge in [0.15, 0.2) is 0 Å². The first kappa shape index (κ1) is 16.0. The molecule has 3 rings (SSSR count). The highest BCUT2D eigenvalue weighted by atomic mass is 19.1. The summed E-state index contributed by atoms with van der Waals surface area (Å²) in [5.74, 6) is -0.678. The second-order valence-electron chi connectivity index (χ2n) is 5.71. The molecule has 2 N–H and O–H groups in total. The summed E-state index contributed by atoms with van der Waals surface area (Å²) >= 11 is 0. The molecule has 2 saturated heterocycles. The third kappa shape index (κ3) is 3.10. The summed E-state index contributed by atoms with van der Waals surface area (Å²) in [5.41, 5.74) is 1.36. The summed E-state index contributed by atoms with van der Waals surface area (Å²) in [4.78, 5) is 25.9. The second-order valence-corrected chi connectivity index (χ2v) is 5.71. The molecule has 1 aromatic rings. The van der Waals surface area contributed by atoms with Gasteiger partial charge < -0.3 is 20.2 Å². The van der Waals surface area contributed by atoms with E-state index in [9.17, 15) is 14.0 Å². The summed E-state index contributed by atoms with van der Waals surface area (Å²) in [6, 6.07) is 4.48. The number of halogens is 1. The number of oxime groups is 1. The van der Waals surface area contributed by atoms with Gasteiger partial charge in [0, 0.05) is 6.92 Å². The van der Waals surface area contributed by atoms with Crippen LogP contribution in [0, 0.1) is 5.82 Å². The Kier molecular flexibility index (Phi) is 4.24. The zero-order valence-electron chi connectivity index (χ0n) is 13.0. The van der Waals surface area contributed by atoms with Crippen LogP contribution in [0.5, 0.6) is 0 Å². The van der Waals surface area contributed by atoms with Crippen LogP contribution in [0.1, 0.15) is 6.92 Å². The van der Waals surface area contributed by atoms with Gasteiger partial charge in [0.1, 0.15) is 11.9 Å². The Bertz CT molecular complexity index is 701. The van der Waals surface area contributed by atoms with Gasteiger partial charge in [0.25, 0.3) is 0 Å². The molecule has 9 heteroatoms. The number of carbonyl (C=O) groups is 2. The largest absolute Gasteiger partial charge is 0.442 e. The van der Waals surface area contributed by atoms with Crippen LogP contribution in [0.3, 0.4) is 0 Å². The highest BCUT2D eigenvalue weighted by Crippen LogP contribution is 2.29. The van der Waals surface area contributed by atoms with Gasteiger partial charge in [-0.1, -0.05) is 5.16 Å². The predicted molar refractivity (Wildman–Crippen MR) is 84.1 cm³/mol. The fourth-order valence-electron chi connectivity index (χ4n) is 2.64. The second kappa shape index (κ2) is 6.34. The van der Waals surface area contributed by atoms with Crippen molar-refractivity contribution in [3.05, 3.63) is 24.0 Å². The maximum absolute atomic E-state index is 14.3. The van der Waals surface area contributed by atoms with E-state index in [4.69, 9.17) is 9.94 Å². The SMILES string of the molecule is CC(=O)NC[C@H]1CN(c2ccc(N3CC(=NO)C3)c(F)c2)C(=O)O1. The van der Waals surface area contributed by atoms with Crippen molar-refractivity contribution in [1.82, 2.24) is 5.32 Å². The van der Waals surface area contributed by atoms with Crippen molar-refractivity contribution in [2.75, 3.05) is 36.0 Å². The first-order chi connectivity index (χ1) is 11.5. The van der Waals surface area contributed by atoms with E-state index in [1.54, 1.807) is 17.0 Å². The molecule has 2 aliphatic rings. The van der Waals surface area contributed by atoms with E-state index in [0.717, 1.165) is 0 Å². The van der Waals surface area contributed by atoms with Crippen molar-refractivity contribution < 1.29 is 23.9 Å².